The number of methoxy groups -OCH3 is 1. The van der Waals surface area contributed by atoms with E-state index in [0.717, 1.165) is 5.22 Å². The van der Waals surface area contributed by atoms with E-state index in [4.69, 9.17) is 4.74 Å². The summed E-state index contributed by atoms with van der Waals surface area (Å²) in [5, 5.41) is 0.842. The molecular formula is C9H8N2O2. The molecule has 0 spiro atoms. The number of hydrogen-bond donors (Lipinski definition) is 0. The van der Waals surface area contributed by atoms with Gasteiger partial charge in [-0.1, -0.05) is 0 Å². The Morgan fingerprint density at radius 1 is 1.54 bits per heavy atom. The van der Waals surface area contributed by atoms with Crippen molar-refractivity contribution in [1.29, 1.82) is 0 Å². The number of fused-ring (bicyclic) bond motifs is 1. The Hall–Kier alpha value is -1.55. The van der Waals surface area contributed by atoms with Gasteiger partial charge in [0.05, 0.1) is 0 Å². The van der Waals surface area contributed by atoms with E-state index >= 15 is 0 Å². The number of hydrogen-bond acceptors (Lipinski definition) is 3. The number of aromatic nitrogens is 1. The number of ether oxygens (including phenoxy) is 1. The van der Waals surface area contributed by atoms with Gasteiger partial charge in [0.25, 0.3) is 5.91 Å². The quantitative estimate of drug-likeness (QED) is 0.553. The summed E-state index contributed by atoms with van der Waals surface area (Å²) < 4.78 is 4.93. The van der Waals surface area contributed by atoms with E-state index in [-0.39, 0.29) is 5.91 Å². The molecule has 1 aromatic rings. The van der Waals surface area contributed by atoms with Crippen LogP contribution in [0.25, 0.3) is 6.08 Å². The molecular weight excluding hydrogens is 168 g/mol. The molecule has 0 saturated carbocycles. The first-order valence-corrected chi connectivity index (χ1v) is 3.89. The number of amides is 1. The summed E-state index contributed by atoms with van der Waals surface area (Å²) in [5.74, 6) is -0.297. The van der Waals surface area contributed by atoms with E-state index in [1.54, 1.807) is 18.3 Å². The molecule has 0 N–H and O–H groups in total. The van der Waals surface area contributed by atoms with Crippen LogP contribution in [-0.4, -0.2) is 24.1 Å². The summed E-state index contributed by atoms with van der Waals surface area (Å²) in [4.78, 5) is 19.0. The summed E-state index contributed by atoms with van der Waals surface area (Å²) in [7, 11) is 1.48. The van der Waals surface area contributed by atoms with Gasteiger partial charge in [0.2, 0.25) is 0 Å². The Kier molecular flexibility index (Phi) is 1.90. The van der Waals surface area contributed by atoms with Crippen LogP contribution in [0.4, 0.5) is 0 Å². The Labute approximate surface area is 74.6 Å². The molecule has 0 aliphatic carbocycles. The van der Waals surface area contributed by atoms with Crippen LogP contribution in [0.3, 0.4) is 0 Å². The van der Waals surface area contributed by atoms with Crippen molar-refractivity contribution in [2.24, 2.45) is 4.99 Å². The summed E-state index contributed by atoms with van der Waals surface area (Å²) >= 11 is 0. The number of pyridine rings is 1. The van der Waals surface area contributed by atoms with Crippen LogP contribution in [0.5, 0.6) is 0 Å². The Morgan fingerprint density at radius 2 is 2.38 bits per heavy atom. The topological polar surface area (TPSA) is 51.6 Å². The number of carbonyl (C=O) groups is 1. The number of carbonyl (C=O) groups excluding carboxylic acids is 1. The van der Waals surface area contributed by atoms with Crippen molar-refractivity contribution in [3.05, 3.63) is 29.0 Å². The van der Waals surface area contributed by atoms with E-state index in [9.17, 15) is 4.79 Å². The summed E-state index contributed by atoms with van der Waals surface area (Å²) in [6, 6.07) is 3.65. The van der Waals surface area contributed by atoms with Gasteiger partial charge in [0.15, 0.2) is 11.6 Å². The zero-order valence-corrected chi connectivity index (χ0v) is 7.10. The highest BCUT2D eigenvalue weighted by Crippen LogP contribution is 1.96. The second kappa shape index (κ2) is 3.06. The van der Waals surface area contributed by atoms with Crippen molar-refractivity contribution >= 4 is 12.0 Å². The predicted molar refractivity (Wildman–Crippen MR) is 45.3 cm³/mol. The molecule has 1 aliphatic heterocycles. The highest BCUT2D eigenvalue weighted by Gasteiger charge is 2.16. The molecule has 1 aliphatic rings. The molecule has 4 nitrogen and oxygen atoms in total. The van der Waals surface area contributed by atoms with Gasteiger partial charge in [0.1, 0.15) is 0 Å². The highest BCUT2D eigenvalue weighted by atomic mass is 16.5. The molecule has 1 amide bonds. The molecule has 1 aromatic heterocycles. The van der Waals surface area contributed by atoms with Crippen molar-refractivity contribution in [1.82, 2.24) is 4.98 Å². The molecule has 0 unspecified atom stereocenters. The van der Waals surface area contributed by atoms with Gasteiger partial charge >= 0.3 is 0 Å². The fourth-order valence-corrected chi connectivity index (χ4v) is 1.20. The normalized spacial score (nSPS) is 20.1. The molecule has 13 heavy (non-hydrogen) atoms. The van der Waals surface area contributed by atoms with Gasteiger partial charge < -0.3 is 4.74 Å². The molecule has 0 saturated heterocycles. The molecule has 66 valence electrons. The van der Waals surface area contributed by atoms with Crippen LogP contribution >= 0.6 is 0 Å². The largest absolute Gasteiger partial charge is 0.367 e. The summed E-state index contributed by atoms with van der Waals surface area (Å²) in [5.41, 5.74) is 0.473. The fraction of sp³-hybridized carbons (Fsp3) is 0.222. The lowest BCUT2D eigenvalue weighted by Crippen LogP contribution is -2.38. The zero-order chi connectivity index (χ0) is 9.26. The minimum Gasteiger partial charge on any atom is -0.367 e. The fourth-order valence-electron chi connectivity index (χ4n) is 1.20. The van der Waals surface area contributed by atoms with Crippen molar-refractivity contribution in [2.45, 2.75) is 6.10 Å². The van der Waals surface area contributed by atoms with Gasteiger partial charge in [-0.15, -0.1) is 0 Å². The first kappa shape index (κ1) is 8.07. The molecule has 2 heterocycles. The molecule has 0 aromatic carbocycles. The smallest absolute Gasteiger partial charge is 0.280 e. The van der Waals surface area contributed by atoms with Gasteiger partial charge in [-0.05, 0) is 18.2 Å². The monoisotopic (exact) mass is 176 g/mol. The highest BCUT2D eigenvalue weighted by molar-refractivity contribution is 5.88. The second-order valence-corrected chi connectivity index (χ2v) is 2.69. The third kappa shape index (κ3) is 1.36. The van der Waals surface area contributed by atoms with E-state index in [1.807, 2.05) is 6.07 Å². The average molecular weight is 176 g/mol. The molecule has 0 bridgehead atoms. The van der Waals surface area contributed by atoms with Crippen LogP contribution in [0, 0.1) is 0 Å². The van der Waals surface area contributed by atoms with Crippen LogP contribution < -0.4 is 10.7 Å². The lowest BCUT2D eigenvalue weighted by atomic mass is 10.2. The van der Waals surface area contributed by atoms with Crippen molar-refractivity contribution in [2.75, 3.05) is 7.11 Å². The first-order valence-electron chi connectivity index (χ1n) is 3.89. The maximum Gasteiger partial charge on any atom is 0.280 e. The third-order valence-electron chi connectivity index (χ3n) is 1.86. The number of nitrogens with zero attached hydrogens (tertiary/aromatic N) is 2. The Bertz CT molecular complexity index is 453. The van der Waals surface area contributed by atoms with Gasteiger partial charge in [0, 0.05) is 18.5 Å². The standard InChI is InChI=1S/C9H8N2O2/c1-13-7-5-6-3-2-4-10-8(6)11-9(7)12/h2-5,7H,1H3/t7-/m1/s1. The lowest BCUT2D eigenvalue weighted by Gasteiger charge is -2.08. The Morgan fingerprint density at radius 3 is 3.15 bits per heavy atom. The minimum absolute atomic E-state index is 0.297. The van der Waals surface area contributed by atoms with Crippen LogP contribution in [0.15, 0.2) is 23.3 Å². The van der Waals surface area contributed by atoms with Gasteiger partial charge in [-0.2, -0.15) is 4.99 Å². The maximum absolute atomic E-state index is 11.2. The van der Waals surface area contributed by atoms with Gasteiger partial charge in [-0.25, -0.2) is 4.98 Å². The SMILES string of the molecule is CO[C@@H]1C=c2cccnc2=NC1=O. The molecule has 4 heteroatoms. The second-order valence-electron chi connectivity index (χ2n) is 2.69. The summed E-state index contributed by atoms with van der Waals surface area (Å²) in [6.07, 6.45) is 2.77. The molecule has 0 fully saturated rings. The lowest BCUT2D eigenvalue weighted by molar-refractivity contribution is -0.124. The maximum atomic E-state index is 11.2. The Balaban J connectivity index is 2.66. The van der Waals surface area contributed by atoms with E-state index < -0.39 is 6.10 Å². The van der Waals surface area contributed by atoms with Gasteiger partial charge in [-0.3, -0.25) is 4.79 Å². The van der Waals surface area contributed by atoms with Crippen molar-refractivity contribution in [3.63, 3.8) is 0 Å². The zero-order valence-electron chi connectivity index (χ0n) is 7.10. The van der Waals surface area contributed by atoms with Crippen molar-refractivity contribution in [3.8, 4) is 0 Å². The van der Waals surface area contributed by atoms with Crippen molar-refractivity contribution < 1.29 is 9.53 Å². The summed E-state index contributed by atoms with van der Waals surface area (Å²) in [6.45, 7) is 0. The average Bonchev–Trinajstić information content (AvgIpc) is 2.17. The third-order valence-corrected chi connectivity index (χ3v) is 1.86. The molecule has 2 rings (SSSR count). The molecule has 1 atom stereocenters. The number of rotatable bonds is 1. The predicted octanol–water partition coefficient (Wildman–Crippen LogP) is -0.963. The minimum atomic E-state index is -0.559. The van der Waals surface area contributed by atoms with Crippen LogP contribution in [-0.2, 0) is 9.53 Å². The van der Waals surface area contributed by atoms with E-state index in [1.165, 1.54) is 7.11 Å². The van der Waals surface area contributed by atoms with E-state index in [2.05, 4.69) is 9.98 Å². The van der Waals surface area contributed by atoms with Crippen LogP contribution in [0.2, 0.25) is 0 Å². The van der Waals surface area contributed by atoms with Crippen LogP contribution in [0.1, 0.15) is 0 Å². The first-order chi connectivity index (χ1) is 6.31. The van der Waals surface area contributed by atoms with E-state index in [0.29, 0.717) is 5.49 Å². The molecule has 0 radical (unpaired) electrons.